The molecule has 1 aromatic carbocycles. The van der Waals surface area contributed by atoms with Gasteiger partial charge >= 0.3 is 0 Å². The maximum atomic E-state index is 13.1. The van der Waals surface area contributed by atoms with Crippen molar-refractivity contribution in [3.8, 4) is 0 Å². The van der Waals surface area contributed by atoms with Gasteiger partial charge in [-0.15, -0.1) is 0 Å². The third-order valence-corrected chi connectivity index (χ3v) is 5.69. The van der Waals surface area contributed by atoms with Crippen molar-refractivity contribution in [2.75, 3.05) is 4.90 Å². The summed E-state index contributed by atoms with van der Waals surface area (Å²) in [7, 11) is 0. The van der Waals surface area contributed by atoms with Gasteiger partial charge in [0.25, 0.3) is 11.8 Å². The molecule has 144 valence electrons. The van der Waals surface area contributed by atoms with Crippen LogP contribution in [0.15, 0.2) is 48.3 Å². The number of amides is 2. The summed E-state index contributed by atoms with van der Waals surface area (Å²) in [4.78, 5) is 26.9. The monoisotopic (exact) mass is 393 g/mol. The van der Waals surface area contributed by atoms with Gasteiger partial charge in [-0.25, -0.2) is 0 Å². The van der Waals surface area contributed by atoms with Gasteiger partial charge in [-0.2, -0.15) is 0 Å². The summed E-state index contributed by atoms with van der Waals surface area (Å²) < 4.78 is 2.21. The first kappa shape index (κ1) is 18.6. The zero-order valence-electron chi connectivity index (χ0n) is 15.9. The molecule has 0 radical (unpaired) electrons. The van der Waals surface area contributed by atoms with Crippen molar-refractivity contribution in [2.24, 2.45) is 0 Å². The van der Waals surface area contributed by atoms with Crippen molar-refractivity contribution in [1.82, 2.24) is 9.88 Å². The Kier molecular flexibility index (Phi) is 5.13. The van der Waals surface area contributed by atoms with Gasteiger partial charge in [0, 0.05) is 18.4 Å². The van der Waals surface area contributed by atoms with E-state index in [2.05, 4.69) is 9.88 Å². The molecule has 5 nitrogen and oxygen atoms in total. The zero-order chi connectivity index (χ0) is 19.7. The van der Waals surface area contributed by atoms with Crippen LogP contribution in [0.4, 0.5) is 5.69 Å². The van der Waals surface area contributed by atoms with Crippen LogP contribution in [-0.4, -0.2) is 21.5 Å². The van der Waals surface area contributed by atoms with Crippen LogP contribution in [0.5, 0.6) is 0 Å². The fourth-order valence-corrected chi connectivity index (χ4v) is 4.23. The highest BCUT2D eigenvalue weighted by molar-refractivity contribution is 7.80. The lowest BCUT2D eigenvalue weighted by atomic mass is 9.95. The lowest BCUT2D eigenvalue weighted by molar-refractivity contribution is -0.122. The standard InChI is InChI=1S/C22H23N3O2S/c1-15-6-5-9-18(12-15)25-21(27)19(20(26)23-22(25)28)13-16-10-11-24(14-16)17-7-3-2-4-8-17/h5-6,9-14,17H,2-4,7-8H2,1H3,(H,23,26,28)/b19-13-. The van der Waals surface area contributed by atoms with Gasteiger partial charge in [-0.05, 0) is 67.4 Å². The highest BCUT2D eigenvalue weighted by Crippen LogP contribution is 2.29. The maximum Gasteiger partial charge on any atom is 0.270 e. The number of nitrogens with one attached hydrogen (secondary N) is 1. The van der Waals surface area contributed by atoms with Crippen molar-refractivity contribution in [3.63, 3.8) is 0 Å². The number of aryl methyl sites for hydroxylation is 1. The van der Waals surface area contributed by atoms with Crippen LogP contribution in [0, 0.1) is 6.92 Å². The molecular weight excluding hydrogens is 370 g/mol. The summed E-state index contributed by atoms with van der Waals surface area (Å²) in [5.41, 5.74) is 2.61. The number of hydrogen-bond donors (Lipinski definition) is 1. The minimum absolute atomic E-state index is 0.0940. The smallest absolute Gasteiger partial charge is 0.270 e. The molecular formula is C22H23N3O2S. The predicted octanol–water partition coefficient (Wildman–Crippen LogP) is 4.13. The molecule has 0 bridgehead atoms. The third-order valence-electron chi connectivity index (χ3n) is 5.41. The van der Waals surface area contributed by atoms with Crippen molar-refractivity contribution < 1.29 is 9.59 Å². The van der Waals surface area contributed by atoms with Gasteiger partial charge in [0.1, 0.15) is 5.57 Å². The number of carbonyl (C=O) groups excluding carboxylic acids is 2. The number of anilines is 1. The van der Waals surface area contributed by atoms with E-state index in [1.165, 1.54) is 37.0 Å². The van der Waals surface area contributed by atoms with Crippen LogP contribution >= 0.6 is 12.2 Å². The lowest BCUT2D eigenvalue weighted by Gasteiger charge is -2.29. The van der Waals surface area contributed by atoms with Crippen molar-refractivity contribution in [1.29, 1.82) is 0 Å². The first-order valence-electron chi connectivity index (χ1n) is 9.68. The van der Waals surface area contributed by atoms with Crippen molar-refractivity contribution >= 4 is 40.9 Å². The predicted molar refractivity (Wildman–Crippen MR) is 114 cm³/mol. The second kappa shape index (κ2) is 7.72. The molecule has 1 N–H and O–H groups in total. The minimum Gasteiger partial charge on any atom is -0.351 e. The molecule has 1 aromatic heterocycles. The van der Waals surface area contributed by atoms with Gasteiger partial charge in [0.15, 0.2) is 5.11 Å². The number of benzene rings is 1. The zero-order valence-corrected chi connectivity index (χ0v) is 16.7. The number of rotatable bonds is 3. The maximum absolute atomic E-state index is 13.1. The van der Waals surface area contributed by atoms with Crippen LogP contribution in [-0.2, 0) is 9.59 Å². The largest absolute Gasteiger partial charge is 0.351 e. The Bertz CT molecular complexity index is 970. The number of aromatic nitrogens is 1. The van der Waals surface area contributed by atoms with Crippen LogP contribution in [0.3, 0.4) is 0 Å². The van der Waals surface area contributed by atoms with E-state index in [4.69, 9.17) is 12.2 Å². The SMILES string of the molecule is Cc1cccc(N2C(=O)/C(=C\c3ccn(C4CCCCC4)c3)C(=O)NC2=S)c1. The first-order chi connectivity index (χ1) is 13.5. The van der Waals surface area contributed by atoms with E-state index in [0.29, 0.717) is 11.7 Å². The first-order valence-corrected chi connectivity index (χ1v) is 10.1. The minimum atomic E-state index is -0.454. The molecule has 0 unspecified atom stereocenters. The van der Waals surface area contributed by atoms with Crippen LogP contribution in [0.2, 0.25) is 0 Å². The van der Waals surface area contributed by atoms with E-state index < -0.39 is 11.8 Å². The molecule has 0 atom stereocenters. The molecule has 2 fully saturated rings. The van der Waals surface area contributed by atoms with E-state index in [9.17, 15) is 9.59 Å². The van der Waals surface area contributed by atoms with Gasteiger partial charge in [0.05, 0.1) is 5.69 Å². The molecule has 1 saturated carbocycles. The van der Waals surface area contributed by atoms with Crippen molar-refractivity contribution in [3.05, 3.63) is 59.4 Å². The summed E-state index contributed by atoms with van der Waals surface area (Å²) in [6.07, 6.45) is 11.9. The highest BCUT2D eigenvalue weighted by Gasteiger charge is 2.34. The Morgan fingerprint density at radius 2 is 1.93 bits per heavy atom. The summed E-state index contributed by atoms with van der Waals surface area (Å²) in [5, 5.41) is 2.75. The second-order valence-corrected chi connectivity index (χ2v) is 7.87. The molecule has 1 aliphatic heterocycles. The van der Waals surface area contributed by atoms with Crippen molar-refractivity contribution in [2.45, 2.75) is 45.1 Å². The summed E-state index contributed by atoms with van der Waals surface area (Å²) in [5.74, 6) is -0.853. The fourth-order valence-electron chi connectivity index (χ4n) is 3.95. The molecule has 1 saturated heterocycles. The topological polar surface area (TPSA) is 54.3 Å². The number of carbonyl (C=O) groups is 2. The van der Waals surface area contributed by atoms with E-state index in [-0.39, 0.29) is 10.7 Å². The fraction of sp³-hybridized carbons (Fsp3) is 0.318. The molecule has 6 heteroatoms. The number of thiocarbonyl (C=S) groups is 1. The molecule has 2 aliphatic rings. The van der Waals surface area contributed by atoms with E-state index >= 15 is 0 Å². The average molecular weight is 394 g/mol. The Morgan fingerprint density at radius 3 is 2.68 bits per heavy atom. The Morgan fingerprint density at radius 1 is 1.14 bits per heavy atom. The molecule has 4 rings (SSSR count). The van der Waals surface area contributed by atoms with Gasteiger partial charge in [0.2, 0.25) is 0 Å². The quantitative estimate of drug-likeness (QED) is 0.485. The normalized spacial score (nSPS) is 20.0. The third kappa shape index (κ3) is 3.64. The molecule has 28 heavy (non-hydrogen) atoms. The molecule has 2 amide bonds. The Labute approximate surface area is 170 Å². The van der Waals surface area contributed by atoms with E-state index in [0.717, 1.165) is 11.1 Å². The summed E-state index contributed by atoms with van der Waals surface area (Å²) >= 11 is 5.26. The van der Waals surface area contributed by atoms with Gasteiger partial charge in [-0.3, -0.25) is 19.8 Å². The molecule has 1 aliphatic carbocycles. The van der Waals surface area contributed by atoms with Gasteiger partial charge < -0.3 is 4.57 Å². The lowest BCUT2D eigenvalue weighted by Crippen LogP contribution is -2.54. The molecule has 2 aromatic rings. The van der Waals surface area contributed by atoms with Crippen LogP contribution < -0.4 is 10.2 Å². The number of hydrogen-bond acceptors (Lipinski definition) is 3. The Hall–Kier alpha value is -2.73. The van der Waals surface area contributed by atoms with Crippen LogP contribution in [0.1, 0.15) is 49.3 Å². The average Bonchev–Trinajstić information content (AvgIpc) is 3.14. The van der Waals surface area contributed by atoms with E-state index in [1.807, 2.05) is 49.6 Å². The van der Waals surface area contributed by atoms with Crippen LogP contribution in [0.25, 0.3) is 6.08 Å². The second-order valence-electron chi connectivity index (χ2n) is 7.48. The molecule has 2 heterocycles. The Balaban J connectivity index is 1.63. The highest BCUT2D eigenvalue weighted by atomic mass is 32.1. The molecule has 0 spiro atoms. The number of nitrogens with zero attached hydrogens (tertiary/aromatic N) is 2. The summed E-state index contributed by atoms with van der Waals surface area (Å²) in [6, 6.07) is 9.96. The summed E-state index contributed by atoms with van der Waals surface area (Å²) in [6.45, 7) is 1.95. The van der Waals surface area contributed by atoms with Gasteiger partial charge in [-0.1, -0.05) is 31.4 Å². The van der Waals surface area contributed by atoms with E-state index in [1.54, 1.807) is 6.08 Å².